The highest BCUT2D eigenvalue weighted by Crippen LogP contribution is 2.32. The summed E-state index contributed by atoms with van der Waals surface area (Å²) in [6.45, 7) is 0. The van der Waals surface area contributed by atoms with E-state index in [1.807, 2.05) is 0 Å². The predicted octanol–water partition coefficient (Wildman–Crippen LogP) is 1.47. The summed E-state index contributed by atoms with van der Waals surface area (Å²) in [4.78, 5) is 10.4. The normalized spacial score (nSPS) is 10.3. The monoisotopic (exact) mass is 301 g/mol. The maximum absolute atomic E-state index is 10.4. The molecule has 6 nitrogen and oxygen atoms in total. The highest BCUT2D eigenvalue weighted by molar-refractivity contribution is 9.10. The van der Waals surface area contributed by atoms with Crippen LogP contribution in [0.15, 0.2) is 21.7 Å². The first-order valence-corrected chi connectivity index (χ1v) is 5.37. The molecule has 7 heteroatoms. The lowest BCUT2D eigenvalue weighted by Gasteiger charge is -2.09. The van der Waals surface area contributed by atoms with Crippen molar-refractivity contribution in [1.82, 2.24) is 5.43 Å². The molecule has 0 saturated heterocycles. The van der Waals surface area contributed by atoms with Crippen molar-refractivity contribution in [3.8, 4) is 11.5 Å². The van der Waals surface area contributed by atoms with E-state index in [0.29, 0.717) is 11.5 Å². The number of carbonyl (C=O) groups excluding carboxylic acids is 1. The molecule has 0 aliphatic carbocycles. The van der Waals surface area contributed by atoms with Gasteiger partial charge in [0.05, 0.1) is 20.4 Å². The van der Waals surface area contributed by atoms with E-state index >= 15 is 0 Å². The first-order chi connectivity index (χ1) is 8.08. The average molecular weight is 302 g/mol. The van der Waals surface area contributed by atoms with Crippen LogP contribution in [0.2, 0.25) is 0 Å². The molecule has 0 aliphatic rings. The Balaban J connectivity index is 3.00. The Bertz CT molecular complexity index is 449. The van der Waals surface area contributed by atoms with Gasteiger partial charge in [-0.05, 0) is 28.1 Å². The SMILES string of the molecule is COc1cc(Br)c(/C=N/NC(N)=O)cc1OC. The number of ether oxygens (including phenoxy) is 2. The van der Waals surface area contributed by atoms with Crippen LogP contribution in [0, 0.1) is 0 Å². The summed E-state index contributed by atoms with van der Waals surface area (Å²) in [7, 11) is 3.08. The van der Waals surface area contributed by atoms with Crippen molar-refractivity contribution in [2.75, 3.05) is 14.2 Å². The molecular formula is C10H12BrN3O3. The van der Waals surface area contributed by atoms with Gasteiger partial charge in [-0.25, -0.2) is 10.2 Å². The molecule has 3 N–H and O–H groups in total. The minimum Gasteiger partial charge on any atom is -0.493 e. The van der Waals surface area contributed by atoms with Crippen LogP contribution in [0.5, 0.6) is 11.5 Å². The van der Waals surface area contributed by atoms with Gasteiger partial charge < -0.3 is 15.2 Å². The minimum atomic E-state index is -0.724. The Morgan fingerprint density at radius 1 is 1.41 bits per heavy atom. The number of nitrogens with two attached hydrogens (primary N) is 1. The Hall–Kier alpha value is -1.76. The molecule has 1 aromatic carbocycles. The van der Waals surface area contributed by atoms with Crippen molar-refractivity contribution in [2.24, 2.45) is 10.8 Å². The number of nitrogens with zero attached hydrogens (tertiary/aromatic N) is 1. The lowest BCUT2D eigenvalue weighted by Crippen LogP contribution is -2.24. The Labute approximate surface area is 107 Å². The smallest absolute Gasteiger partial charge is 0.332 e. The van der Waals surface area contributed by atoms with Crippen molar-refractivity contribution in [2.45, 2.75) is 0 Å². The molecule has 0 atom stereocenters. The van der Waals surface area contributed by atoms with Crippen LogP contribution in [0.25, 0.3) is 0 Å². The molecule has 0 spiro atoms. The highest BCUT2D eigenvalue weighted by Gasteiger charge is 2.07. The molecule has 2 amide bonds. The number of hydrogen-bond donors (Lipinski definition) is 2. The van der Waals surface area contributed by atoms with E-state index in [0.717, 1.165) is 10.0 Å². The Kier molecular flexibility index (Phi) is 4.77. The molecular weight excluding hydrogens is 290 g/mol. The zero-order valence-corrected chi connectivity index (χ0v) is 10.9. The zero-order chi connectivity index (χ0) is 12.8. The maximum Gasteiger partial charge on any atom is 0.332 e. The zero-order valence-electron chi connectivity index (χ0n) is 9.36. The number of hydrogen-bond acceptors (Lipinski definition) is 4. The molecule has 1 aromatic rings. The van der Waals surface area contributed by atoms with Gasteiger partial charge in [-0.2, -0.15) is 5.10 Å². The fourth-order valence-corrected chi connectivity index (χ4v) is 1.56. The third-order valence-electron chi connectivity index (χ3n) is 1.88. The number of hydrazone groups is 1. The number of amides is 2. The van der Waals surface area contributed by atoms with E-state index in [4.69, 9.17) is 15.2 Å². The van der Waals surface area contributed by atoms with E-state index in [2.05, 4.69) is 26.5 Å². The Morgan fingerprint density at radius 3 is 2.53 bits per heavy atom. The van der Waals surface area contributed by atoms with Crippen molar-refractivity contribution in [3.63, 3.8) is 0 Å². The number of carbonyl (C=O) groups is 1. The summed E-state index contributed by atoms with van der Waals surface area (Å²) >= 11 is 3.35. The first kappa shape index (κ1) is 13.3. The highest BCUT2D eigenvalue weighted by atomic mass is 79.9. The van der Waals surface area contributed by atoms with E-state index in [9.17, 15) is 4.79 Å². The van der Waals surface area contributed by atoms with E-state index in [1.165, 1.54) is 13.3 Å². The fraction of sp³-hybridized carbons (Fsp3) is 0.200. The lowest BCUT2D eigenvalue weighted by atomic mass is 10.2. The van der Waals surface area contributed by atoms with Gasteiger partial charge in [0.25, 0.3) is 0 Å². The molecule has 0 saturated carbocycles. The van der Waals surface area contributed by atoms with Gasteiger partial charge in [-0.15, -0.1) is 0 Å². The van der Waals surface area contributed by atoms with Gasteiger partial charge in [0.15, 0.2) is 11.5 Å². The number of nitrogens with one attached hydrogen (secondary N) is 1. The summed E-state index contributed by atoms with van der Waals surface area (Å²) in [5.41, 5.74) is 7.70. The van der Waals surface area contributed by atoms with Crippen LogP contribution in [-0.2, 0) is 0 Å². The van der Waals surface area contributed by atoms with E-state index in [-0.39, 0.29) is 0 Å². The van der Waals surface area contributed by atoms with Crippen LogP contribution < -0.4 is 20.6 Å². The van der Waals surface area contributed by atoms with Gasteiger partial charge in [0.1, 0.15) is 0 Å². The van der Waals surface area contributed by atoms with Crippen molar-refractivity contribution < 1.29 is 14.3 Å². The molecule has 1 rings (SSSR count). The third-order valence-corrected chi connectivity index (χ3v) is 2.57. The van der Waals surface area contributed by atoms with Crippen molar-refractivity contribution in [3.05, 3.63) is 22.2 Å². The summed E-state index contributed by atoms with van der Waals surface area (Å²) in [5.74, 6) is 1.16. The number of methoxy groups -OCH3 is 2. The second-order valence-electron chi connectivity index (χ2n) is 2.96. The predicted molar refractivity (Wildman–Crippen MR) is 67.6 cm³/mol. The minimum absolute atomic E-state index is 0.566. The van der Waals surface area contributed by atoms with Crippen LogP contribution in [0.4, 0.5) is 4.79 Å². The fourth-order valence-electron chi connectivity index (χ4n) is 1.13. The molecule has 0 heterocycles. The standard InChI is InChI=1S/C10H12BrN3O3/c1-16-8-3-6(5-13-14-10(12)15)7(11)4-9(8)17-2/h3-5H,1-2H3,(H3,12,14,15)/b13-5+. The number of urea groups is 1. The number of primary amides is 1. The molecule has 92 valence electrons. The Morgan fingerprint density at radius 2 is 2.00 bits per heavy atom. The summed E-state index contributed by atoms with van der Waals surface area (Å²) in [6.07, 6.45) is 1.44. The van der Waals surface area contributed by atoms with Crippen LogP contribution in [-0.4, -0.2) is 26.5 Å². The van der Waals surface area contributed by atoms with Crippen molar-refractivity contribution >= 4 is 28.2 Å². The van der Waals surface area contributed by atoms with Gasteiger partial charge in [-0.3, -0.25) is 0 Å². The first-order valence-electron chi connectivity index (χ1n) is 4.58. The third kappa shape index (κ3) is 3.63. The topological polar surface area (TPSA) is 85.9 Å². The number of halogens is 1. The maximum atomic E-state index is 10.4. The second-order valence-corrected chi connectivity index (χ2v) is 3.82. The molecule has 0 bridgehead atoms. The van der Waals surface area contributed by atoms with Crippen molar-refractivity contribution in [1.29, 1.82) is 0 Å². The molecule has 17 heavy (non-hydrogen) atoms. The van der Waals surface area contributed by atoms with E-state index in [1.54, 1.807) is 19.2 Å². The summed E-state index contributed by atoms with van der Waals surface area (Å²) in [6, 6.07) is 2.73. The number of rotatable bonds is 4. The second kappa shape index (κ2) is 6.09. The van der Waals surface area contributed by atoms with Gasteiger partial charge in [0.2, 0.25) is 0 Å². The lowest BCUT2D eigenvalue weighted by molar-refractivity contribution is 0.249. The molecule has 0 fully saturated rings. The average Bonchev–Trinajstić information content (AvgIpc) is 2.30. The summed E-state index contributed by atoms with van der Waals surface area (Å²) < 4.78 is 11.0. The summed E-state index contributed by atoms with van der Waals surface area (Å²) in [5, 5.41) is 3.66. The number of benzene rings is 1. The molecule has 0 aromatic heterocycles. The van der Waals surface area contributed by atoms with Gasteiger partial charge in [0, 0.05) is 10.0 Å². The molecule has 0 radical (unpaired) electrons. The van der Waals surface area contributed by atoms with Gasteiger partial charge >= 0.3 is 6.03 Å². The molecule has 0 aliphatic heterocycles. The quantitative estimate of drug-likeness (QED) is 0.652. The molecule has 0 unspecified atom stereocenters. The van der Waals surface area contributed by atoms with Crippen LogP contribution in [0.3, 0.4) is 0 Å². The van der Waals surface area contributed by atoms with Crippen LogP contribution >= 0.6 is 15.9 Å². The van der Waals surface area contributed by atoms with Gasteiger partial charge in [-0.1, -0.05) is 0 Å². The van der Waals surface area contributed by atoms with E-state index < -0.39 is 6.03 Å². The van der Waals surface area contributed by atoms with Crippen LogP contribution in [0.1, 0.15) is 5.56 Å². The largest absolute Gasteiger partial charge is 0.493 e.